The van der Waals surface area contributed by atoms with Gasteiger partial charge in [-0.25, -0.2) is 0 Å². The number of nitrogens with one attached hydrogen (secondary N) is 1. The number of hydrogen-bond acceptors (Lipinski definition) is 2. The molecule has 1 heterocycles. The maximum Gasteiger partial charge on any atom is 0.252 e. The van der Waals surface area contributed by atoms with Crippen molar-refractivity contribution in [3.63, 3.8) is 0 Å². The average Bonchev–Trinajstić information content (AvgIpc) is 2.16. The summed E-state index contributed by atoms with van der Waals surface area (Å²) in [7, 11) is 0. The van der Waals surface area contributed by atoms with Crippen LogP contribution in [0.3, 0.4) is 0 Å². The largest absolute Gasteiger partial charge is 0.326 e. The quantitative estimate of drug-likeness (QED) is 0.719. The lowest BCUT2D eigenvalue weighted by atomic mass is 10.0. The zero-order valence-electron chi connectivity index (χ0n) is 7.34. The molecule has 0 radical (unpaired) electrons. The minimum absolute atomic E-state index is 0.0162. The van der Waals surface area contributed by atoms with Gasteiger partial charge in [-0.05, 0) is 41.8 Å². The molecule has 0 unspecified atom stereocenters. The van der Waals surface area contributed by atoms with E-state index in [1.54, 1.807) is 18.2 Å². The fourth-order valence-electron chi connectivity index (χ4n) is 1.51. The summed E-state index contributed by atoms with van der Waals surface area (Å²) in [6.45, 7) is 0. The topological polar surface area (TPSA) is 46.2 Å². The van der Waals surface area contributed by atoms with Gasteiger partial charge in [-0.1, -0.05) is 0 Å². The zero-order valence-corrected chi connectivity index (χ0v) is 8.10. The molecule has 1 aliphatic rings. The number of aryl methyl sites for hydroxylation is 1. The molecule has 0 bridgehead atoms. The Morgan fingerprint density at radius 1 is 1.36 bits per heavy atom. The fourth-order valence-corrected chi connectivity index (χ4v) is 1.62. The molecule has 0 fully saturated rings. The summed E-state index contributed by atoms with van der Waals surface area (Å²) in [5, 5.41) is 2.26. The molecular weight excluding hydrogens is 202 g/mol. The Morgan fingerprint density at radius 3 is 2.86 bits per heavy atom. The lowest BCUT2D eigenvalue weighted by molar-refractivity contribution is -0.116. The Balaban J connectivity index is 2.41. The summed E-state index contributed by atoms with van der Waals surface area (Å²) in [4.78, 5) is 21.9. The van der Waals surface area contributed by atoms with Crippen LogP contribution in [0.1, 0.15) is 22.3 Å². The van der Waals surface area contributed by atoms with Gasteiger partial charge in [-0.2, -0.15) is 0 Å². The Hall–Kier alpha value is -1.35. The number of halogens is 1. The van der Waals surface area contributed by atoms with Crippen LogP contribution in [0.5, 0.6) is 0 Å². The highest BCUT2D eigenvalue weighted by Gasteiger charge is 2.15. The Bertz CT molecular complexity index is 415. The molecule has 0 saturated heterocycles. The maximum atomic E-state index is 11.0. The molecule has 14 heavy (non-hydrogen) atoms. The number of fused-ring (bicyclic) bond motifs is 1. The second-order valence-electron chi connectivity index (χ2n) is 3.19. The van der Waals surface area contributed by atoms with Crippen molar-refractivity contribution < 1.29 is 9.59 Å². The molecule has 3 nitrogen and oxygen atoms in total. The van der Waals surface area contributed by atoms with E-state index < -0.39 is 5.24 Å². The Labute approximate surface area is 86.1 Å². The molecule has 0 saturated carbocycles. The highest BCUT2D eigenvalue weighted by atomic mass is 35.5. The monoisotopic (exact) mass is 209 g/mol. The molecule has 4 heteroatoms. The van der Waals surface area contributed by atoms with Crippen LogP contribution in [0.25, 0.3) is 0 Å². The first kappa shape index (κ1) is 9.21. The maximum absolute atomic E-state index is 11.0. The van der Waals surface area contributed by atoms with Crippen molar-refractivity contribution in [2.24, 2.45) is 0 Å². The van der Waals surface area contributed by atoms with E-state index in [0.29, 0.717) is 18.4 Å². The van der Waals surface area contributed by atoms with E-state index in [4.69, 9.17) is 11.6 Å². The van der Waals surface area contributed by atoms with Crippen LogP contribution in [0.15, 0.2) is 18.2 Å². The highest BCUT2D eigenvalue weighted by molar-refractivity contribution is 6.67. The molecule has 0 aromatic heterocycles. The van der Waals surface area contributed by atoms with Crippen molar-refractivity contribution in [3.05, 3.63) is 29.3 Å². The van der Waals surface area contributed by atoms with Gasteiger partial charge < -0.3 is 5.32 Å². The minimum Gasteiger partial charge on any atom is -0.326 e. The van der Waals surface area contributed by atoms with E-state index in [1.807, 2.05) is 0 Å². The van der Waals surface area contributed by atoms with Crippen LogP contribution in [-0.4, -0.2) is 11.1 Å². The summed E-state index contributed by atoms with van der Waals surface area (Å²) in [5.41, 5.74) is 2.22. The summed E-state index contributed by atoms with van der Waals surface area (Å²) in [6.07, 6.45) is 1.13. The van der Waals surface area contributed by atoms with Crippen molar-refractivity contribution >= 4 is 28.4 Å². The first-order valence-electron chi connectivity index (χ1n) is 4.29. The molecule has 1 aliphatic heterocycles. The van der Waals surface area contributed by atoms with Gasteiger partial charge in [-0.3, -0.25) is 9.59 Å². The molecule has 72 valence electrons. The highest BCUT2D eigenvalue weighted by Crippen LogP contribution is 2.23. The zero-order chi connectivity index (χ0) is 10.1. The predicted octanol–water partition coefficient (Wildman–Crippen LogP) is 1.95. The number of anilines is 1. The second kappa shape index (κ2) is 3.42. The molecule has 1 amide bonds. The molecule has 1 N–H and O–H groups in total. The Kier molecular flexibility index (Phi) is 2.25. The van der Waals surface area contributed by atoms with Crippen molar-refractivity contribution in [2.75, 3.05) is 5.32 Å². The summed E-state index contributed by atoms with van der Waals surface area (Å²) in [5.74, 6) is 0.0162. The molecule has 2 rings (SSSR count). The number of amides is 1. The van der Waals surface area contributed by atoms with Crippen LogP contribution in [0.4, 0.5) is 5.69 Å². The van der Waals surface area contributed by atoms with E-state index in [2.05, 4.69) is 5.32 Å². The van der Waals surface area contributed by atoms with Crippen LogP contribution in [0.2, 0.25) is 0 Å². The third-order valence-electron chi connectivity index (χ3n) is 2.23. The summed E-state index contributed by atoms with van der Waals surface area (Å²) in [6, 6.07) is 5.05. The lowest BCUT2D eigenvalue weighted by Crippen LogP contribution is -2.19. The smallest absolute Gasteiger partial charge is 0.252 e. The molecule has 0 aliphatic carbocycles. The number of carbonyl (C=O) groups is 2. The SMILES string of the molecule is O=C1CCc2cc(C(=O)Cl)ccc2N1. The lowest BCUT2D eigenvalue weighted by Gasteiger charge is -2.16. The normalized spacial score (nSPS) is 14.5. The van der Waals surface area contributed by atoms with Gasteiger partial charge in [0.2, 0.25) is 5.91 Å². The Morgan fingerprint density at radius 2 is 2.14 bits per heavy atom. The second-order valence-corrected chi connectivity index (χ2v) is 3.54. The first-order chi connectivity index (χ1) is 6.66. The molecule has 1 aromatic carbocycles. The van der Waals surface area contributed by atoms with E-state index >= 15 is 0 Å². The standard InChI is InChI=1S/C10H8ClNO2/c11-10(14)7-1-3-8-6(5-7)2-4-9(13)12-8/h1,3,5H,2,4H2,(H,12,13). The number of benzene rings is 1. The number of rotatable bonds is 1. The summed E-state index contributed by atoms with van der Waals surface area (Å²) < 4.78 is 0. The molecule has 1 aromatic rings. The van der Waals surface area contributed by atoms with Gasteiger partial charge in [0.25, 0.3) is 5.24 Å². The first-order valence-corrected chi connectivity index (χ1v) is 4.67. The average molecular weight is 210 g/mol. The van der Waals surface area contributed by atoms with E-state index in [1.165, 1.54) is 0 Å². The predicted molar refractivity (Wildman–Crippen MR) is 53.6 cm³/mol. The molecule has 0 atom stereocenters. The number of hydrogen-bond donors (Lipinski definition) is 1. The van der Waals surface area contributed by atoms with Crippen LogP contribution in [0, 0.1) is 0 Å². The molecule has 0 spiro atoms. The van der Waals surface area contributed by atoms with Crippen molar-refractivity contribution in [1.29, 1.82) is 0 Å². The van der Waals surface area contributed by atoms with E-state index in [-0.39, 0.29) is 5.91 Å². The van der Waals surface area contributed by atoms with Crippen LogP contribution < -0.4 is 5.32 Å². The van der Waals surface area contributed by atoms with Gasteiger partial charge in [0.15, 0.2) is 0 Å². The van der Waals surface area contributed by atoms with Crippen LogP contribution >= 0.6 is 11.6 Å². The van der Waals surface area contributed by atoms with Crippen molar-refractivity contribution in [2.45, 2.75) is 12.8 Å². The van der Waals surface area contributed by atoms with Gasteiger partial charge >= 0.3 is 0 Å². The van der Waals surface area contributed by atoms with Gasteiger partial charge in [0.1, 0.15) is 0 Å². The van der Waals surface area contributed by atoms with Crippen molar-refractivity contribution in [3.8, 4) is 0 Å². The third kappa shape index (κ3) is 1.63. The van der Waals surface area contributed by atoms with Crippen molar-refractivity contribution in [1.82, 2.24) is 0 Å². The molecular formula is C10H8ClNO2. The van der Waals surface area contributed by atoms with E-state index in [0.717, 1.165) is 11.3 Å². The number of carbonyl (C=O) groups excluding carboxylic acids is 2. The summed E-state index contributed by atoms with van der Waals surface area (Å²) >= 11 is 5.35. The van der Waals surface area contributed by atoms with Gasteiger partial charge in [0, 0.05) is 17.7 Å². The third-order valence-corrected chi connectivity index (χ3v) is 2.45. The fraction of sp³-hybridized carbons (Fsp3) is 0.200. The van der Waals surface area contributed by atoms with Crippen LogP contribution in [-0.2, 0) is 11.2 Å². The van der Waals surface area contributed by atoms with E-state index in [9.17, 15) is 9.59 Å². The van der Waals surface area contributed by atoms with Gasteiger partial charge in [-0.15, -0.1) is 0 Å². The van der Waals surface area contributed by atoms with Gasteiger partial charge in [0.05, 0.1) is 0 Å². The minimum atomic E-state index is -0.468.